The lowest BCUT2D eigenvalue weighted by Gasteiger charge is -2.24. The molecule has 0 radical (unpaired) electrons. The molecule has 0 unspecified atom stereocenters. The third-order valence-corrected chi connectivity index (χ3v) is 3.67. The van der Waals surface area contributed by atoms with Crippen molar-refractivity contribution in [3.63, 3.8) is 0 Å². The lowest BCUT2D eigenvalue weighted by Crippen LogP contribution is -2.42. The summed E-state index contributed by atoms with van der Waals surface area (Å²) in [6.45, 7) is 0.153. The molecule has 1 atom stereocenters. The van der Waals surface area contributed by atoms with Crippen LogP contribution in [0.15, 0.2) is 60.7 Å². The Morgan fingerprint density at radius 2 is 1.68 bits per heavy atom. The Bertz CT molecular complexity index is 676. The number of amides is 2. The number of rotatable bonds is 7. The van der Waals surface area contributed by atoms with E-state index >= 15 is 0 Å². The number of carbonyl (C=O) groups is 2. The lowest BCUT2D eigenvalue weighted by molar-refractivity contribution is -0.132. The Morgan fingerprint density at radius 3 is 2.28 bits per heavy atom. The van der Waals surface area contributed by atoms with Crippen molar-refractivity contribution in [3.05, 3.63) is 71.8 Å². The zero-order valence-electron chi connectivity index (χ0n) is 14.1. The van der Waals surface area contributed by atoms with Crippen molar-refractivity contribution in [2.45, 2.75) is 12.6 Å². The van der Waals surface area contributed by atoms with Gasteiger partial charge in [-0.05, 0) is 11.1 Å². The molecule has 2 aromatic rings. The van der Waals surface area contributed by atoms with Crippen molar-refractivity contribution >= 4 is 12.0 Å². The quantitative estimate of drug-likeness (QED) is 0.808. The molecule has 0 heterocycles. The highest BCUT2D eigenvalue weighted by Gasteiger charge is 2.26. The number of ether oxygens (including phenoxy) is 1. The van der Waals surface area contributed by atoms with Gasteiger partial charge in [-0.1, -0.05) is 60.7 Å². The number of hydrogen-bond donors (Lipinski definition) is 2. The maximum Gasteiger partial charge on any atom is 0.408 e. The number of carbonyl (C=O) groups excluding carboxylic acids is 2. The Labute approximate surface area is 147 Å². The maximum absolute atomic E-state index is 12.6. The molecule has 0 aromatic heterocycles. The number of alkyl carbamates (subject to hydrolysis) is 1. The number of hydrogen-bond acceptors (Lipinski definition) is 4. The molecule has 25 heavy (non-hydrogen) atoms. The van der Waals surface area contributed by atoms with Crippen molar-refractivity contribution in [3.8, 4) is 0 Å². The molecule has 0 aliphatic rings. The van der Waals surface area contributed by atoms with Crippen molar-refractivity contribution < 1.29 is 19.4 Å². The third kappa shape index (κ3) is 5.61. The lowest BCUT2D eigenvalue weighted by atomic mass is 10.1. The van der Waals surface area contributed by atoms with Crippen LogP contribution < -0.4 is 5.32 Å². The molecular weight excluding hydrogens is 320 g/mol. The number of aliphatic hydroxyl groups is 1. The van der Waals surface area contributed by atoms with Crippen molar-refractivity contribution in [1.82, 2.24) is 10.2 Å². The Kier molecular flexibility index (Phi) is 6.98. The first-order chi connectivity index (χ1) is 12.1. The minimum Gasteiger partial charge on any atom is -0.445 e. The molecular formula is C19H22N2O4. The molecule has 132 valence electrons. The summed E-state index contributed by atoms with van der Waals surface area (Å²) in [6, 6.07) is 17.3. The number of aliphatic hydroxyl groups excluding tert-OH is 1. The molecule has 2 N–H and O–H groups in total. The predicted octanol–water partition coefficient (Wildman–Crippen LogP) is 2.10. The van der Waals surface area contributed by atoms with Crippen LogP contribution in [0.4, 0.5) is 4.79 Å². The maximum atomic E-state index is 12.6. The number of nitrogens with zero attached hydrogens (tertiary/aromatic N) is 1. The van der Waals surface area contributed by atoms with E-state index in [1.165, 1.54) is 4.90 Å². The molecule has 0 saturated carbocycles. The Morgan fingerprint density at radius 1 is 1.08 bits per heavy atom. The average molecular weight is 342 g/mol. The first kappa shape index (κ1) is 18.5. The smallest absolute Gasteiger partial charge is 0.408 e. The van der Waals surface area contributed by atoms with Crippen molar-refractivity contribution in [2.24, 2.45) is 0 Å². The Hall–Kier alpha value is -2.86. The summed E-state index contributed by atoms with van der Waals surface area (Å²) in [5, 5.41) is 11.6. The minimum atomic E-state index is -0.874. The average Bonchev–Trinajstić information content (AvgIpc) is 2.65. The molecule has 0 spiro atoms. The van der Waals surface area contributed by atoms with Gasteiger partial charge in [0.1, 0.15) is 12.6 Å². The second kappa shape index (κ2) is 9.44. The van der Waals surface area contributed by atoms with E-state index in [0.29, 0.717) is 5.56 Å². The van der Waals surface area contributed by atoms with Crippen LogP contribution >= 0.6 is 0 Å². The standard InChI is InChI=1S/C19H22N2O4/c1-21(12-13-22)18(23)17(16-10-6-3-7-11-16)20-19(24)25-14-15-8-4-2-5-9-15/h2-11,17,22H,12-14H2,1H3,(H,20,24)/t17-/m0/s1. The largest absolute Gasteiger partial charge is 0.445 e. The molecule has 6 nitrogen and oxygen atoms in total. The van der Waals surface area contributed by atoms with E-state index in [0.717, 1.165) is 5.56 Å². The Balaban J connectivity index is 2.05. The van der Waals surface area contributed by atoms with Crippen LogP contribution in [0.1, 0.15) is 17.2 Å². The van der Waals surface area contributed by atoms with E-state index in [4.69, 9.17) is 9.84 Å². The summed E-state index contributed by atoms with van der Waals surface area (Å²) in [5.74, 6) is -0.322. The van der Waals surface area contributed by atoms with Gasteiger partial charge in [-0.25, -0.2) is 4.79 Å². The molecule has 0 aliphatic heterocycles. The van der Waals surface area contributed by atoms with E-state index in [9.17, 15) is 9.59 Å². The van der Waals surface area contributed by atoms with Crippen molar-refractivity contribution in [2.75, 3.05) is 20.2 Å². The van der Waals surface area contributed by atoms with Gasteiger partial charge < -0.3 is 20.1 Å². The van der Waals surface area contributed by atoms with Gasteiger partial charge in [0.2, 0.25) is 5.91 Å². The van der Waals surface area contributed by atoms with Gasteiger partial charge >= 0.3 is 6.09 Å². The first-order valence-electron chi connectivity index (χ1n) is 8.00. The van der Waals surface area contributed by atoms with Gasteiger partial charge in [0.05, 0.1) is 6.61 Å². The van der Waals surface area contributed by atoms with Gasteiger partial charge in [0.15, 0.2) is 0 Å². The van der Waals surface area contributed by atoms with Gasteiger partial charge in [-0.2, -0.15) is 0 Å². The van der Waals surface area contributed by atoms with Crippen LogP contribution in [0.5, 0.6) is 0 Å². The van der Waals surface area contributed by atoms with Crippen LogP contribution in [0.2, 0.25) is 0 Å². The SMILES string of the molecule is CN(CCO)C(=O)[C@@H](NC(=O)OCc1ccccc1)c1ccccc1. The number of likely N-dealkylation sites (N-methyl/N-ethyl adjacent to an activating group) is 1. The van der Waals surface area contributed by atoms with Crippen LogP contribution in [-0.2, 0) is 16.1 Å². The van der Waals surface area contributed by atoms with E-state index < -0.39 is 12.1 Å². The van der Waals surface area contributed by atoms with E-state index in [-0.39, 0.29) is 25.7 Å². The van der Waals surface area contributed by atoms with E-state index in [1.54, 1.807) is 31.3 Å². The first-order valence-corrected chi connectivity index (χ1v) is 8.00. The van der Waals surface area contributed by atoms with Crippen LogP contribution in [-0.4, -0.2) is 42.2 Å². The summed E-state index contributed by atoms with van der Waals surface area (Å²) >= 11 is 0. The highest BCUT2D eigenvalue weighted by Crippen LogP contribution is 2.15. The molecule has 6 heteroatoms. The zero-order valence-corrected chi connectivity index (χ0v) is 14.1. The normalized spacial score (nSPS) is 11.4. The number of benzene rings is 2. The van der Waals surface area contributed by atoms with E-state index in [2.05, 4.69) is 5.32 Å². The summed E-state index contributed by atoms with van der Waals surface area (Å²) in [5.41, 5.74) is 1.51. The third-order valence-electron chi connectivity index (χ3n) is 3.67. The van der Waals surface area contributed by atoms with Gasteiger partial charge in [0, 0.05) is 13.6 Å². The zero-order chi connectivity index (χ0) is 18.1. The molecule has 0 fully saturated rings. The summed E-state index contributed by atoms with van der Waals surface area (Å²) < 4.78 is 5.20. The van der Waals surface area contributed by atoms with Crippen LogP contribution in [0.25, 0.3) is 0 Å². The molecule has 2 amide bonds. The highest BCUT2D eigenvalue weighted by atomic mass is 16.5. The topological polar surface area (TPSA) is 78.9 Å². The second-order valence-electron chi connectivity index (χ2n) is 5.53. The predicted molar refractivity (Wildman–Crippen MR) is 93.7 cm³/mol. The summed E-state index contributed by atoms with van der Waals surface area (Å²) in [6.07, 6.45) is -0.677. The number of nitrogens with one attached hydrogen (secondary N) is 1. The van der Waals surface area contributed by atoms with Crippen LogP contribution in [0, 0.1) is 0 Å². The monoisotopic (exact) mass is 342 g/mol. The fourth-order valence-corrected chi connectivity index (χ4v) is 2.30. The van der Waals surface area contributed by atoms with Gasteiger partial charge in [-0.3, -0.25) is 4.79 Å². The summed E-state index contributed by atoms with van der Waals surface area (Å²) in [4.78, 5) is 26.1. The summed E-state index contributed by atoms with van der Waals surface area (Å²) in [7, 11) is 1.57. The molecule has 0 aliphatic carbocycles. The van der Waals surface area contributed by atoms with Gasteiger partial charge in [-0.15, -0.1) is 0 Å². The van der Waals surface area contributed by atoms with Crippen molar-refractivity contribution in [1.29, 1.82) is 0 Å². The molecule has 2 aromatic carbocycles. The fraction of sp³-hybridized carbons (Fsp3) is 0.263. The fourth-order valence-electron chi connectivity index (χ4n) is 2.30. The van der Waals surface area contributed by atoms with E-state index in [1.807, 2.05) is 36.4 Å². The van der Waals surface area contributed by atoms with Crippen LogP contribution in [0.3, 0.4) is 0 Å². The molecule has 0 saturated heterocycles. The minimum absolute atomic E-state index is 0.120. The molecule has 2 rings (SSSR count). The van der Waals surface area contributed by atoms with Gasteiger partial charge in [0.25, 0.3) is 0 Å². The second-order valence-corrected chi connectivity index (χ2v) is 5.53. The molecule has 0 bridgehead atoms. The highest BCUT2D eigenvalue weighted by molar-refractivity contribution is 5.86.